The zero-order valence-electron chi connectivity index (χ0n) is 14.1. The summed E-state index contributed by atoms with van der Waals surface area (Å²) in [6.07, 6.45) is 0.980. The van der Waals surface area contributed by atoms with Gasteiger partial charge in [-0.2, -0.15) is 0 Å². The van der Waals surface area contributed by atoms with Crippen molar-refractivity contribution in [2.45, 2.75) is 27.2 Å². The van der Waals surface area contributed by atoms with Crippen molar-refractivity contribution in [1.29, 1.82) is 0 Å². The van der Waals surface area contributed by atoms with Crippen LogP contribution in [0.2, 0.25) is 0 Å². The maximum Gasteiger partial charge on any atom is 0.254 e. The van der Waals surface area contributed by atoms with Gasteiger partial charge in [-0.05, 0) is 58.1 Å². The zero-order valence-corrected chi connectivity index (χ0v) is 14.1. The number of anilines is 1. The average Bonchev–Trinajstić information content (AvgIpc) is 2.43. The van der Waals surface area contributed by atoms with Gasteiger partial charge in [-0.3, -0.25) is 4.79 Å². The molecule has 0 aliphatic rings. The number of hydrogen-bond acceptors (Lipinski definition) is 3. The predicted octanol–water partition coefficient (Wildman–Crippen LogP) is 2.84. The van der Waals surface area contributed by atoms with Crippen molar-refractivity contribution in [2.24, 2.45) is 0 Å². The largest absolute Gasteiger partial charge is 0.385 e. The molecule has 4 heteroatoms. The molecule has 0 heterocycles. The standard InChI is InChI=1S/C17H29N3O/c1-6-10-20(12-11-19(4)5)17(21)16-9-8-15(18-7-2)13-14(16)3/h8-9,13,18H,6-7,10-12H2,1-5H3. The molecule has 1 amide bonds. The van der Waals surface area contributed by atoms with E-state index in [1.54, 1.807) is 0 Å². The van der Waals surface area contributed by atoms with Crippen molar-refractivity contribution in [3.8, 4) is 0 Å². The molecule has 0 saturated heterocycles. The number of carbonyl (C=O) groups excluding carboxylic acids is 1. The van der Waals surface area contributed by atoms with E-state index < -0.39 is 0 Å². The number of benzene rings is 1. The van der Waals surface area contributed by atoms with Gasteiger partial charge in [0.15, 0.2) is 0 Å². The second kappa shape index (κ2) is 8.67. The number of rotatable bonds is 8. The topological polar surface area (TPSA) is 35.6 Å². The third-order valence-electron chi connectivity index (χ3n) is 3.44. The molecular weight excluding hydrogens is 262 g/mol. The molecule has 0 atom stereocenters. The SMILES string of the molecule is CCCN(CCN(C)C)C(=O)c1ccc(NCC)cc1C. The van der Waals surface area contributed by atoms with E-state index in [1.807, 2.05) is 44.1 Å². The Morgan fingerprint density at radius 3 is 2.38 bits per heavy atom. The molecule has 4 nitrogen and oxygen atoms in total. The minimum atomic E-state index is 0.138. The smallest absolute Gasteiger partial charge is 0.254 e. The number of nitrogens with zero attached hydrogens (tertiary/aromatic N) is 2. The molecule has 0 aliphatic carbocycles. The van der Waals surface area contributed by atoms with Gasteiger partial charge >= 0.3 is 0 Å². The minimum absolute atomic E-state index is 0.138. The van der Waals surface area contributed by atoms with Gasteiger partial charge in [-0.1, -0.05) is 6.92 Å². The van der Waals surface area contributed by atoms with Crippen LogP contribution in [0.1, 0.15) is 36.2 Å². The van der Waals surface area contributed by atoms with Gasteiger partial charge < -0.3 is 15.1 Å². The molecule has 1 rings (SSSR count). The number of aryl methyl sites for hydroxylation is 1. The summed E-state index contributed by atoms with van der Waals surface area (Å²) in [6, 6.07) is 5.97. The average molecular weight is 291 g/mol. The number of amides is 1. The maximum atomic E-state index is 12.7. The quantitative estimate of drug-likeness (QED) is 0.800. The molecule has 0 aromatic heterocycles. The predicted molar refractivity (Wildman–Crippen MR) is 90.1 cm³/mol. The summed E-state index contributed by atoms with van der Waals surface area (Å²) in [7, 11) is 4.07. The van der Waals surface area contributed by atoms with E-state index in [0.29, 0.717) is 0 Å². The van der Waals surface area contributed by atoms with Gasteiger partial charge in [-0.15, -0.1) is 0 Å². The first-order chi connectivity index (χ1) is 9.99. The van der Waals surface area contributed by atoms with Crippen LogP contribution in [0, 0.1) is 6.92 Å². The third-order valence-corrected chi connectivity index (χ3v) is 3.44. The summed E-state index contributed by atoms with van der Waals surface area (Å²) in [4.78, 5) is 16.8. The van der Waals surface area contributed by atoms with Gasteiger partial charge in [0.25, 0.3) is 5.91 Å². The maximum absolute atomic E-state index is 12.7. The Hall–Kier alpha value is -1.55. The summed E-state index contributed by atoms with van der Waals surface area (Å²) >= 11 is 0. The normalized spacial score (nSPS) is 10.8. The molecule has 0 radical (unpaired) electrons. The Kier molecular flexibility index (Phi) is 7.23. The number of nitrogens with one attached hydrogen (secondary N) is 1. The Balaban J connectivity index is 2.87. The third kappa shape index (κ3) is 5.38. The molecule has 0 saturated carbocycles. The van der Waals surface area contributed by atoms with Gasteiger partial charge in [0, 0.05) is 37.4 Å². The fourth-order valence-corrected chi connectivity index (χ4v) is 2.29. The van der Waals surface area contributed by atoms with E-state index in [4.69, 9.17) is 0 Å². The molecule has 1 aromatic rings. The van der Waals surface area contributed by atoms with Crippen LogP contribution in [0.5, 0.6) is 0 Å². The molecule has 0 unspecified atom stereocenters. The van der Waals surface area contributed by atoms with Crippen LogP contribution in [-0.4, -0.2) is 56.0 Å². The Morgan fingerprint density at radius 1 is 1.14 bits per heavy atom. The van der Waals surface area contributed by atoms with Crippen molar-refractivity contribution in [3.63, 3.8) is 0 Å². The number of carbonyl (C=O) groups is 1. The highest BCUT2D eigenvalue weighted by molar-refractivity contribution is 5.96. The summed E-state index contributed by atoms with van der Waals surface area (Å²) < 4.78 is 0. The molecule has 1 aromatic carbocycles. The lowest BCUT2D eigenvalue weighted by atomic mass is 10.1. The summed E-state index contributed by atoms with van der Waals surface area (Å²) in [5.41, 5.74) is 2.91. The highest BCUT2D eigenvalue weighted by Crippen LogP contribution is 2.17. The highest BCUT2D eigenvalue weighted by Gasteiger charge is 2.17. The first-order valence-electron chi connectivity index (χ1n) is 7.78. The second-order valence-corrected chi connectivity index (χ2v) is 5.66. The summed E-state index contributed by atoms with van der Waals surface area (Å²) in [5.74, 6) is 0.138. The van der Waals surface area contributed by atoms with Crippen LogP contribution in [0.4, 0.5) is 5.69 Å². The van der Waals surface area contributed by atoms with E-state index in [-0.39, 0.29) is 5.91 Å². The number of hydrogen-bond donors (Lipinski definition) is 1. The van der Waals surface area contributed by atoms with Crippen LogP contribution < -0.4 is 5.32 Å². The first kappa shape index (κ1) is 17.5. The molecule has 21 heavy (non-hydrogen) atoms. The fourth-order valence-electron chi connectivity index (χ4n) is 2.29. The van der Waals surface area contributed by atoms with E-state index in [2.05, 4.69) is 24.1 Å². The molecule has 0 aliphatic heterocycles. The van der Waals surface area contributed by atoms with Crippen LogP contribution in [0.3, 0.4) is 0 Å². The zero-order chi connectivity index (χ0) is 15.8. The van der Waals surface area contributed by atoms with Crippen molar-refractivity contribution in [3.05, 3.63) is 29.3 Å². The lowest BCUT2D eigenvalue weighted by Gasteiger charge is -2.25. The second-order valence-electron chi connectivity index (χ2n) is 5.66. The van der Waals surface area contributed by atoms with Crippen molar-refractivity contribution >= 4 is 11.6 Å². The van der Waals surface area contributed by atoms with E-state index in [9.17, 15) is 4.79 Å². The molecule has 0 spiro atoms. The molecule has 1 N–H and O–H groups in total. The van der Waals surface area contributed by atoms with Crippen molar-refractivity contribution in [1.82, 2.24) is 9.80 Å². The van der Waals surface area contributed by atoms with E-state index >= 15 is 0 Å². The van der Waals surface area contributed by atoms with E-state index in [1.165, 1.54) is 0 Å². The Labute approximate surface area is 129 Å². The summed E-state index contributed by atoms with van der Waals surface area (Å²) in [5, 5.41) is 3.28. The van der Waals surface area contributed by atoms with Gasteiger partial charge in [0.05, 0.1) is 0 Å². The van der Waals surface area contributed by atoms with E-state index in [0.717, 1.165) is 49.4 Å². The molecule has 0 bridgehead atoms. The van der Waals surface area contributed by atoms with Gasteiger partial charge in [0.1, 0.15) is 0 Å². The van der Waals surface area contributed by atoms with Crippen LogP contribution >= 0.6 is 0 Å². The van der Waals surface area contributed by atoms with Gasteiger partial charge in [-0.25, -0.2) is 0 Å². The summed E-state index contributed by atoms with van der Waals surface area (Å²) in [6.45, 7) is 9.53. The van der Waals surface area contributed by atoms with Crippen LogP contribution in [0.15, 0.2) is 18.2 Å². The number of likely N-dealkylation sites (N-methyl/N-ethyl adjacent to an activating group) is 1. The lowest BCUT2D eigenvalue weighted by molar-refractivity contribution is 0.0744. The molecule has 0 fully saturated rings. The monoisotopic (exact) mass is 291 g/mol. The Bertz CT molecular complexity index is 457. The van der Waals surface area contributed by atoms with Gasteiger partial charge in [0.2, 0.25) is 0 Å². The molecule has 118 valence electrons. The van der Waals surface area contributed by atoms with Crippen molar-refractivity contribution < 1.29 is 4.79 Å². The van der Waals surface area contributed by atoms with Crippen molar-refractivity contribution in [2.75, 3.05) is 45.6 Å². The minimum Gasteiger partial charge on any atom is -0.385 e. The van der Waals surface area contributed by atoms with Crippen LogP contribution in [-0.2, 0) is 0 Å². The molecular formula is C17H29N3O. The lowest BCUT2D eigenvalue weighted by Crippen LogP contribution is -2.37. The first-order valence-corrected chi connectivity index (χ1v) is 7.78. The van der Waals surface area contributed by atoms with Crippen LogP contribution in [0.25, 0.3) is 0 Å². The Morgan fingerprint density at radius 2 is 1.86 bits per heavy atom. The fraction of sp³-hybridized carbons (Fsp3) is 0.588. The highest BCUT2D eigenvalue weighted by atomic mass is 16.2.